The van der Waals surface area contributed by atoms with Crippen molar-refractivity contribution in [2.75, 3.05) is 7.11 Å². The summed E-state index contributed by atoms with van der Waals surface area (Å²) in [6, 6.07) is 20.3. The minimum absolute atomic E-state index is 0.157. The molecule has 0 bridgehead atoms. The number of benzene rings is 3. The zero-order valence-corrected chi connectivity index (χ0v) is 19.4. The van der Waals surface area contributed by atoms with Gasteiger partial charge in [0.05, 0.1) is 23.8 Å². The van der Waals surface area contributed by atoms with E-state index in [9.17, 15) is 13.2 Å². The summed E-state index contributed by atoms with van der Waals surface area (Å²) < 4.78 is 38.9. The van der Waals surface area contributed by atoms with Crippen molar-refractivity contribution in [2.24, 2.45) is 5.10 Å². The molecule has 0 N–H and O–H groups in total. The Hall–Kier alpha value is -3.65. The van der Waals surface area contributed by atoms with Crippen LogP contribution in [0.15, 0.2) is 82.8 Å². The van der Waals surface area contributed by atoms with Gasteiger partial charge in [0, 0.05) is 18.9 Å². The summed E-state index contributed by atoms with van der Waals surface area (Å²) in [5.41, 5.74) is 2.83. The third kappa shape index (κ3) is 4.61. The molecule has 170 valence electrons. The maximum Gasteiger partial charge on any atom is 0.308 e. The molecule has 0 amide bonds. The Morgan fingerprint density at radius 2 is 1.67 bits per heavy atom. The number of nitrogens with zero attached hydrogens (tertiary/aromatic N) is 2. The molecule has 1 atom stereocenters. The van der Waals surface area contributed by atoms with E-state index in [1.165, 1.54) is 6.92 Å². The Morgan fingerprint density at radius 3 is 2.30 bits per heavy atom. The van der Waals surface area contributed by atoms with Crippen molar-refractivity contribution in [3.8, 4) is 11.5 Å². The summed E-state index contributed by atoms with van der Waals surface area (Å²) in [6.45, 7) is 3.22. The predicted molar refractivity (Wildman–Crippen MR) is 125 cm³/mol. The Balaban J connectivity index is 1.81. The van der Waals surface area contributed by atoms with Crippen LogP contribution in [0.1, 0.15) is 36.1 Å². The molecule has 1 aliphatic heterocycles. The van der Waals surface area contributed by atoms with Gasteiger partial charge in [-0.15, -0.1) is 0 Å². The lowest BCUT2D eigenvalue weighted by atomic mass is 9.98. The molecule has 1 heterocycles. The molecule has 0 radical (unpaired) electrons. The maximum atomic E-state index is 13.6. The lowest BCUT2D eigenvalue weighted by molar-refractivity contribution is -0.131. The van der Waals surface area contributed by atoms with E-state index >= 15 is 0 Å². The van der Waals surface area contributed by atoms with Crippen LogP contribution in [0.4, 0.5) is 0 Å². The van der Waals surface area contributed by atoms with Crippen molar-refractivity contribution >= 4 is 21.7 Å². The van der Waals surface area contributed by atoms with Gasteiger partial charge in [0.25, 0.3) is 10.0 Å². The Labute approximate surface area is 193 Å². The first-order valence-corrected chi connectivity index (χ1v) is 11.8. The van der Waals surface area contributed by atoms with E-state index in [2.05, 4.69) is 5.10 Å². The number of para-hydroxylation sites is 1. The second-order valence-corrected chi connectivity index (χ2v) is 9.52. The van der Waals surface area contributed by atoms with Crippen molar-refractivity contribution in [3.63, 3.8) is 0 Å². The van der Waals surface area contributed by atoms with E-state index < -0.39 is 22.0 Å². The van der Waals surface area contributed by atoms with Crippen LogP contribution in [0.3, 0.4) is 0 Å². The van der Waals surface area contributed by atoms with Crippen LogP contribution in [0.2, 0.25) is 0 Å². The highest BCUT2D eigenvalue weighted by Crippen LogP contribution is 2.39. The van der Waals surface area contributed by atoms with Crippen LogP contribution in [0.5, 0.6) is 11.5 Å². The van der Waals surface area contributed by atoms with Crippen LogP contribution in [-0.4, -0.2) is 31.6 Å². The fourth-order valence-corrected chi connectivity index (χ4v) is 5.15. The van der Waals surface area contributed by atoms with Crippen molar-refractivity contribution in [1.82, 2.24) is 4.41 Å². The fourth-order valence-electron chi connectivity index (χ4n) is 3.71. The Kier molecular flexibility index (Phi) is 6.20. The average Bonchev–Trinajstić information content (AvgIpc) is 3.26. The summed E-state index contributed by atoms with van der Waals surface area (Å²) in [6.07, 6.45) is 0.315. The highest BCUT2D eigenvalue weighted by molar-refractivity contribution is 7.89. The number of ether oxygens (including phenoxy) is 2. The molecule has 0 aliphatic carbocycles. The largest absolute Gasteiger partial charge is 0.497 e. The number of methoxy groups -OCH3 is 1. The minimum Gasteiger partial charge on any atom is -0.497 e. The number of sulfonamides is 1. The van der Waals surface area contributed by atoms with Crippen LogP contribution in [0, 0.1) is 6.92 Å². The second-order valence-electron chi connectivity index (χ2n) is 7.72. The molecule has 0 spiro atoms. The molecule has 0 saturated carbocycles. The topological polar surface area (TPSA) is 85.3 Å². The van der Waals surface area contributed by atoms with Crippen LogP contribution in [-0.2, 0) is 14.8 Å². The fraction of sp³-hybridized carbons (Fsp3) is 0.200. The smallest absolute Gasteiger partial charge is 0.308 e. The van der Waals surface area contributed by atoms with Crippen LogP contribution in [0.25, 0.3) is 0 Å². The van der Waals surface area contributed by atoms with Gasteiger partial charge in [-0.25, -0.2) is 0 Å². The van der Waals surface area contributed by atoms with Gasteiger partial charge < -0.3 is 9.47 Å². The number of carbonyl (C=O) groups excluding carboxylic acids is 1. The molecular weight excluding hydrogens is 440 g/mol. The zero-order chi connectivity index (χ0) is 23.6. The van der Waals surface area contributed by atoms with Gasteiger partial charge in [-0.05, 0) is 48.9 Å². The van der Waals surface area contributed by atoms with Crippen LogP contribution < -0.4 is 9.47 Å². The van der Waals surface area contributed by atoms with E-state index in [1.807, 2.05) is 19.1 Å². The molecule has 4 rings (SSSR count). The highest BCUT2D eigenvalue weighted by atomic mass is 32.2. The van der Waals surface area contributed by atoms with E-state index in [-0.39, 0.29) is 4.90 Å². The van der Waals surface area contributed by atoms with Gasteiger partial charge in [0.2, 0.25) is 0 Å². The van der Waals surface area contributed by atoms with Gasteiger partial charge in [-0.1, -0.05) is 42.0 Å². The first kappa shape index (κ1) is 22.5. The molecule has 0 aromatic heterocycles. The molecule has 1 unspecified atom stereocenters. The third-order valence-electron chi connectivity index (χ3n) is 5.39. The molecular formula is C25H24N2O5S. The van der Waals surface area contributed by atoms with Gasteiger partial charge in [-0.3, -0.25) is 4.79 Å². The molecule has 1 aliphatic rings. The van der Waals surface area contributed by atoms with Crippen molar-refractivity contribution in [2.45, 2.75) is 31.2 Å². The number of rotatable bonds is 6. The van der Waals surface area contributed by atoms with Gasteiger partial charge >= 0.3 is 5.97 Å². The molecule has 3 aromatic rings. The van der Waals surface area contributed by atoms with Gasteiger partial charge in [0.1, 0.15) is 11.5 Å². The molecule has 3 aromatic carbocycles. The third-order valence-corrected chi connectivity index (χ3v) is 7.09. The quantitative estimate of drug-likeness (QED) is 0.397. The predicted octanol–water partition coefficient (Wildman–Crippen LogP) is 4.47. The first-order valence-electron chi connectivity index (χ1n) is 10.4. The molecule has 7 nitrogen and oxygen atoms in total. The lowest BCUT2D eigenvalue weighted by Gasteiger charge is -2.23. The maximum absolute atomic E-state index is 13.6. The van der Waals surface area contributed by atoms with E-state index in [0.29, 0.717) is 29.2 Å². The Bertz CT molecular complexity index is 1300. The summed E-state index contributed by atoms with van der Waals surface area (Å²) in [5, 5.41) is 4.54. The number of hydrogen-bond donors (Lipinski definition) is 0. The summed E-state index contributed by atoms with van der Waals surface area (Å²) >= 11 is 0. The van der Waals surface area contributed by atoms with Crippen molar-refractivity contribution < 1.29 is 22.7 Å². The average molecular weight is 465 g/mol. The molecule has 0 fully saturated rings. The first-order chi connectivity index (χ1) is 15.8. The highest BCUT2D eigenvalue weighted by Gasteiger charge is 2.38. The summed E-state index contributed by atoms with van der Waals surface area (Å²) in [7, 11) is -2.36. The lowest BCUT2D eigenvalue weighted by Crippen LogP contribution is -2.27. The number of esters is 1. The van der Waals surface area contributed by atoms with E-state index in [1.54, 1.807) is 67.8 Å². The van der Waals surface area contributed by atoms with Gasteiger partial charge in [0.15, 0.2) is 0 Å². The summed E-state index contributed by atoms with van der Waals surface area (Å²) in [4.78, 5) is 11.7. The normalized spacial score (nSPS) is 15.8. The number of aryl methyl sites for hydroxylation is 1. The van der Waals surface area contributed by atoms with E-state index in [0.717, 1.165) is 15.5 Å². The number of carbonyl (C=O) groups is 1. The van der Waals surface area contributed by atoms with Crippen molar-refractivity contribution in [3.05, 3.63) is 89.5 Å². The van der Waals surface area contributed by atoms with Crippen molar-refractivity contribution in [1.29, 1.82) is 0 Å². The van der Waals surface area contributed by atoms with E-state index in [4.69, 9.17) is 9.47 Å². The minimum atomic E-state index is -3.94. The number of hydrazone groups is 1. The van der Waals surface area contributed by atoms with Crippen LogP contribution >= 0.6 is 0 Å². The molecule has 33 heavy (non-hydrogen) atoms. The Morgan fingerprint density at radius 1 is 1.00 bits per heavy atom. The SMILES string of the molecule is COc1ccc(C2CC(c3ccccc3OC(C)=O)=NN2S(=O)(=O)c2ccc(C)cc2)cc1. The second kappa shape index (κ2) is 9.07. The zero-order valence-electron chi connectivity index (χ0n) is 18.6. The monoisotopic (exact) mass is 464 g/mol. The molecule has 0 saturated heterocycles. The molecule has 8 heteroatoms. The standard InChI is InChI=1S/C25H24N2O5S/c1-17-8-14-21(15-9-17)33(29,30)27-24(19-10-12-20(31-3)13-11-19)16-23(26-27)22-6-4-5-7-25(22)32-18(2)28/h4-15,24H,16H2,1-3H3. The summed E-state index contributed by atoms with van der Waals surface area (Å²) in [5.74, 6) is 0.551. The van der Waals surface area contributed by atoms with Gasteiger partial charge in [-0.2, -0.15) is 17.9 Å². The number of hydrogen-bond acceptors (Lipinski definition) is 6.